The van der Waals surface area contributed by atoms with Crippen LogP contribution in [-0.2, 0) is 30.6 Å². The molecule has 7 heteroatoms. The van der Waals surface area contributed by atoms with E-state index in [0.717, 1.165) is 42.8 Å². The molecule has 0 radical (unpaired) electrons. The van der Waals surface area contributed by atoms with Crippen molar-refractivity contribution in [2.24, 2.45) is 0 Å². The maximum Gasteiger partial charge on any atom is 0.226 e. The number of aryl methyl sites for hydroxylation is 2. The predicted molar refractivity (Wildman–Crippen MR) is 87.4 cm³/mol. The molecule has 1 aromatic carbocycles. The molecule has 1 aliphatic rings. The molecular formula is C17H19N5O2. The van der Waals surface area contributed by atoms with Gasteiger partial charge in [0.15, 0.2) is 5.58 Å². The average molecular weight is 325 g/mol. The molecule has 7 nitrogen and oxygen atoms in total. The third-order valence-electron chi connectivity index (χ3n) is 4.48. The summed E-state index contributed by atoms with van der Waals surface area (Å²) in [4.78, 5) is 12.4. The largest absolute Gasteiger partial charge is 0.356 e. The minimum Gasteiger partial charge on any atom is -0.356 e. The SMILES string of the molecule is CCc1nnc2n1C[C@H](NC(=O)Cc1noc3ccccc13)CC2. The highest BCUT2D eigenvalue weighted by molar-refractivity contribution is 5.86. The summed E-state index contributed by atoms with van der Waals surface area (Å²) in [7, 11) is 0. The van der Waals surface area contributed by atoms with Gasteiger partial charge < -0.3 is 14.4 Å². The van der Waals surface area contributed by atoms with Gasteiger partial charge in [-0.3, -0.25) is 4.79 Å². The van der Waals surface area contributed by atoms with E-state index in [0.29, 0.717) is 11.3 Å². The van der Waals surface area contributed by atoms with Gasteiger partial charge in [0.25, 0.3) is 0 Å². The van der Waals surface area contributed by atoms with Crippen molar-refractivity contribution >= 4 is 16.9 Å². The third kappa shape index (κ3) is 2.66. The summed E-state index contributed by atoms with van der Waals surface area (Å²) < 4.78 is 7.38. The molecule has 0 saturated carbocycles. The minimum absolute atomic E-state index is 0.0337. The van der Waals surface area contributed by atoms with Crippen molar-refractivity contribution in [3.8, 4) is 0 Å². The highest BCUT2D eigenvalue weighted by atomic mass is 16.5. The Kier molecular flexibility index (Phi) is 3.76. The number of aromatic nitrogens is 4. The molecule has 2 aromatic heterocycles. The molecule has 0 spiro atoms. The Hall–Kier alpha value is -2.70. The van der Waals surface area contributed by atoms with Gasteiger partial charge in [-0.2, -0.15) is 0 Å². The third-order valence-corrected chi connectivity index (χ3v) is 4.48. The molecule has 3 heterocycles. The number of para-hydroxylation sites is 1. The Morgan fingerprint density at radius 1 is 1.38 bits per heavy atom. The van der Waals surface area contributed by atoms with E-state index in [1.54, 1.807) is 0 Å². The maximum atomic E-state index is 12.4. The summed E-state index contributed by atoms with van der Waals surface area (Å²) in [5, 5.41) is 16.4. The van der Waals surface area contributed by atoms with Crippen LogP contribution in [0.4, 0.5) is 0 Å². The van der Waals surface area contributed by atoms with Crippen molar-refractivity contribution in [1.29, 1.82) is 0 Å². The van der Waals surface area contributed by atoms with Crippen molar-refractivity contribution < 1.29 is 9.32 Å². The summed E-state index contributed by atoms with van der Waals surface area (Å²) in [6, 6.07) is 7.68. The molecule has 1 amide bonds. The number of rotatable bonds is 4. The van der Waals surface area contributed by atoms with Gasteiger partial charge in [0.05, 0.1) is 6.42 Å². The van der Waals surface area contributed by atoms with Gasteiger partial charge in [-0.25, -0.2) is 0 Å². The number of fused-ring (bicyclic) bond motifs is 2. The summed E-state index contributed by atoms with van der Waals surface area (Å²) >= 11 is 0. The number of nitrogens with one attached hydrogen (secondary N) is 1. The first-order valence-corrected chi connectivity index (χ1v) is 8.28. The van der Waals surface area contributed by atoms with Gasteiger partial charge in [0, 0.05) is 30.8 Å². The number of carbonyl (C=O) groups excluding carboxylic acids is 1. The van der Waals surface area contributed by atoms with E-state index >= 15 is 0 Å². The van der Waals surface area contributed by atoms with Gasteiger partial charge in [0.1, 0.15) is 17.3 Å². The molecule has 4 rings (SSSR count). The highest BCUT2D eigenvalue weighted by Gasteiger charge is 2.24. The van der Waals surface area contributed by atoms with Crippen molar-refractivity contribution in [3.63, 3.8) is 0 Å². The molecule has 0 aliphatic carbocycles. The normalized spacial score (nSPS) is 17.0. The smallest absolute Gasteiger partial charge is 0.226 e. The van der Waals surface area contributed by atoms with E-state index in [4.69, 9.17) is 4.52 Å². The van der Waals surface area contributed by atoms with Crippen LogP contribution in [0, 0.1) is 0 Å². The van der Waals surface area contributed by atoms with Crippen molar-refractivity contribution in [3.05, 3.63) is 41.6 Å². The first-order valence-electron chi connectivity index (χ1n) is 8.28. The second-order valence-electron chi connectivity index (χ2n) is 6.10. The number of carbonyl (C=O) groups is 1. The van der Waals surface area contributed by atoms with Crippen LogP contribution in [-0.4, -0.2) is 31.9 Å². The van der Waals surface area contributed by atoms with Crippen LogP contribution in [0.3, 0.4) is 0 Å². The fourth-order valence-corrected chi connectivity index (χ4v) is 3.26. The summed E-state index contributed by atoms with van der Waals surface area (Å²) in [6.45, 7) is 2.80. The number of amides is 1. The van der Waals surface area contributed by atoms with Crippen molar-refractivity contribution in [2.45, 2.75) is 45.2 Å². The van der Waals surface area contributed by atoms with Crippen LogP contribution in [0.5, 0.6) is 0 Å². The standard InChI is InChI=1S/C17H19N5O2/c1-2-15-19-20-16-8-7-11(10-22(15)16)18-17(23)9-13-12-5-3-4-6-14(12)24-21-13/h3-6,11H,2,7-10H2,1H3,(H,18,23)/t11-/m1/s1. The lowest BCUT2D eigenvalue weighted by Gasteiger charge is -2.25. The van der Waals surface area contributed by atoms with E-state index in [9.17, 15) is 4.79 Å². The van der Waals surface area contributed by atoms with Crippen molar-refractivity contribution in [1.82, 2.24) is 25.2 Å². The number of benzene rings is 1. The molecule has 0 fully saturated rings. The van der Waals surface area contributed by atoms with Gasteiger partial charge in [-0.05, 0) is 18.6 Å². The first kappa shape index (κ1) is 14.9. The molecule has 0 unspecified atom stereocenters. The first-order chi connectivity index (χ1) is 11.7. The summed E-state index contributed by atoms with van der Waals surface area (Å²) in [5.74, 6) is 1.96. The van der Waals surface area contributed by atoms with E-state index in [1.807, 2.05) is 24.3 Å². The van der Waals surface area contributed by atoms with E-state index in [-0.39, 0.29) is 18.4 Å². The average Bonchev–Trinajstić information content (AvgIpc) is 3.19. The summed E-state index contributed by atoms with van der Waals surface area (Å²) in [5.41, 5.74) is 1.39. The minimum atomic E-state index is -0.0337. The molecule has 1 atom stereocenters. The molecule has 124 valence electrons. The number of nitrogens with zero attached hydrogens (tertiary/aromatic N) is 4. The van der Waals surface area contributed by atoms with Crippen LogP contribution >= 0.6 is 0 Å². The Labute approximate surface area is 139 Å². The zero-order valence-electron chi connectivity index (χ0n) is 13.5. The van der Waals surface area contributed by atoms with Gasteiger partial charge in [-0.15, -0.1) is 10.2 Å². The molecular weight excluding hydrogens is 306 g/mol. The van der Waals surface area contributed by atoms with Gasteiger partial charge >= 0.3 is 0 Å². The second-order valence-corrected chi connectivity index (χ2v) is 6.10. The Bertz CT molecular complexity index is 869. The van der Waals surface area contributed by atoms with Gasteiger partial charge in [-0.1, -0.05) is 24.2 Å². The van der Waals surface area contributed by atoms with Crippen LogP contribution < -0.4 is 5.32 Å². The monoisotopic (exact) mass is 325 g/mol. The summed E-state index contributed by atoms with van der Waals surface area (Å²) in [6.07, 6.45) is 2.79. The molecule has 0 saturated heterocycles. The Morgan fingerprint density at radius 2 is 2.25 bits per heavy atom. The van der Waals surface area contributed by atoms with E-state index in [2.05, 4.69) is 32.2 Å². The lowest BCUT2D eigenvalue weighted by atomic mass is 10.1. The van der Waals surface area contributed by atoms with E-state index in [1.165, 1.54) is 0 Å². The molecule has 24 heavy (non-hydrogen) atoms. The highest BCUT2D eigenvalue weighted by Crippen LogP contribution is 2.19. The Balaban J connectivity index is 1.43. The molecule has 3 aromatic rings. The quantitative estimate of drug-likeness (QED) is 0.788. The Morgan fingerprint density at radius 3 is 3.12 bits per heavy atom. The number of hydrogen-bond donors (Lipinski definition) is 1. The lowest BCUT2D eigenvalue weighted by Crippen LogP contribution is -2.42. The topological polar surface area (TPSA) is 85.8 Å². The van der Waals surface area contributed by atoms with Crippen LogP contribution in [0.2, 0.25) is 0 Å². The molecule has 1 N–H and O–H groups in total. The van der Waals surface area contributed by atoms with Crippen LogP contribution in [0.1, 0.15) is 30.7 Å². The molecule has 0 bridgehead atoms. The fourth-order valence-electron chi connectivity index (χ4n) is 3.26. The van der Waals surface area contributed by atoms with Crippen LogP contribution in [0.15, 0.2) is 28.8 Å². The van der Waals surface area contributed by atoms with Crippen molar-refractivity contribution in [2.75, 3.05) is 0 Å². The maximum absolute atomic E-state index is 12.4. The zero-order valence-corrected chi connectivity index (χ0v) is 13.5. The van der Waals surface area contributed by atoms with E-state index < -0.39 is 0 Å². The number of hydrogen-bond acceptors (Lipinski definition) is 5. The zero-order chi connectivity index (χ0) is 16.5. The van der Waals surface area contributed by atoms with Gasteiger partial charge in [0.2, 0.25) is 5.91 Å². The van der Waals surface area contributed by atoms with Crippen LogP contribution in [0.25, 0.3) is 11.0 Å². The fraction of sp³-hybridized carbons (Fsp3) is 0.412. The molecule has 1 aliphatic heterocycles. The second kappa shape index (κ2) is 6.07. The lowest BCUT2D eigenvalue weighted by molar-refractivity contribution is -0.121. The predicted octanol–water partition coefficient (Wildman–Crippen LogP) is 1.66.